The molecule has 1 heterocycles. The van der Waals surface area contributed by atoms with Crippen LogP contribution in [0.15, 0.2) is 41.0 Å². The lowest BCUT2D eigenvalue weighted by molar-refractivity contribution is -0.130. The molecule has 5 nitrogen and oxygen atoms in total. The predicted octanol–water partition coefficient (Wildman–Crippen LogP) is 3.96. The summed E-state index contributed by atoms with van der Waals surface area (Å²) in [7, 11) is 0. The van der Waals surface area contributed by atoms with E-state index in [0.29, 0.717) is 28.0 Å². The molecule has 0 fully saturated rings. The van der Waals surface area contributed by atoms with Crippen molar-refractivity contribution in [3.8, 4) is 0 Å². The highest BCUT2D eigenvalue weighted by molar-refractivity contribution is 6.35. The molecule has 7 heteroatoms. The summed E-state index contributed by atoms with van der Waals surface area (Å²) in [4.78, 5) is 25.2. The fourth-order valence-corrected chi connectivity index (χ4v) is 2.32. The fourth-order valence-electron chi connectivity index (χ4n) is 1.98. The average Bonchev–Trinajstić information content (AvgIpc) is 3.00. The second kappa shape index (κ2) is 8.04. The number of nitrogens with one attached hydrogen (secondary N) is 1. The lowest BCUT2D eigenvalue weighted by Crippen LogP contribution is -2.31. The van der Waals surface area contributed by atoms with E-state index in [1.54, 1.807) is 36.6 Å². The molecule has 0 saturated heterocycles. The van der Waals surface area contributed by atoms with Crippen LogP contribution < -0.4 is 5.32 Å². The highest BCUT2D eigenvalue weighted by Gasteiger charge is 2.14. The highest BCUT2D eigenvalue weighted by atomic mass is 35.5. The Morgan fingerprint density at radius 3 is 2.70 bits per heavy atom. The molecule has 0 radical (unpaired) electrons. The van der Waals surface area contributed by atoms with E-state index in [4.69, 9.17) is 27.6 Å². The first-order chi connectivity index (χ1) is 11.0. The number of carbonyl (C=O) groups is 2. The van der Waals surface area contributed by atoms with Gasteiger partial charge in [0.05, 0.1) is 23.5 Å². The predicted molar refractivity (Wildman–Crippen MR) is 89.5 cm³/mol. The maximum Gasteiger partial charge on any atom is 0.226 e. The maximum atomic E-state index is 12.0. The number of hydrogen-bond acceptors (Lipinski definition) is 3. The largest absolute Gasteiger partial charge is 0.467 e. The summed E-state index contributed by atoms with van der Waals surface area (Å²) in [6.07, 6.45) is 1.69. The number of anilines is 1. The maximum absolute atomic E-state index is 12.0. The molecule has 0 saturated carbocycles. The van der Waals surface area contributed by atoms with Crippen LogP contribution in [0.2, 0.25) is 10.0 Å². The lowest BCUT2D eigenvalue weighted by atomic mass is 10.3. The van der Waals surface area contributed by atoms with E-state index in [0.717, 1.165) is 0 Å². The molecule has 1 aromatic heterocycles. The van der Waals surface area contributed by atoms with Gasteiger partial charge in [-0.1, -0.05) is 23.2 Å². The van der Waals surface area contributed by atoms with Gasteiger partial charge in [0, 0.05) is 24.9 Å². The molecule has 2 rings (SSSR count). The van der Waals surface area contributed by atoms with Crippen molar-refractivity contribution in [2.75, 3.05) is 11.9 Å². The first-order valence-corrected chi connectivity index (χ1v) is 7.74. The Morgan fingerprint density at radius 1 is 1.26 bits per heavy atom. The standard InChI is InChI=1S/C16H16Cl2N2O3/c1-11(21)20(10-13-3-2-8-23-13)7-6-16(22)19-15-9-12(17)4-5-14(15)18/h2-5,8-9H,6-7,10H2,1H3,(H,19,22). The summed E-state index contributed by atoms with van der Waals surface area (Å²) in [6.45, 7) is 2.06. The lowest BCUT2D eigenvalue weighted by Gasteiger charge is -2.19. The number of hydrogen-bond donors (Lipinski definition) is 1. The van der Waals surface area contributed by atoms with E-state index in [2.05, 4.69) is 5.32 Å². The monoisotopic (exact) mass is 354 g/mol. The van der Waals surface area contributed by atoms with E-state index >= 15 is 0 Å². The third-order valence-electron chi connectivity index (χ3n) is 3.18. The Bertz CT molecular complexity index is 687. The number of carbonyl (C=O) groups excluding carboxylic acids is 2. The summed E-state index contributed by atoms with van der Waals surface area (Å²) in [5.74, 6) is 0.286. The third-order valence-corrected chi connectivity index (χ3v) is 3.75. The summed E-state index contributed by atoms with van der Waals surface area (Å²) in [6, 6.07) is 8.36. The molecule has 1 N–H and O–H groups in total. The van der Waals surface area contributed by atoms with Crippen molar-refractivity contribution in [1.82, 2.24) is 4.90 Å². The zero-order valence-corrected chi connectivity index (χ0v) is 14.0. The van der Waals surface area contributed by atoms with Crippen molar-refractivity contribution in [1.29, 1.82) is 0 Å². The van der Waals surface area contributed by atoms with Gasteiger partial charge in [-0.2, -0.15) is 0 Å². The summed E-state index contributed by atoms with van der Waals surface area (Å²) in [5, 5.41) is 3.57. The molecule has 23 heavy (non-hydrogen) atoms. The van der Waals surface area contributed by atoms with Gasteiger partial charge >= 0.3 is 0 Å². The molecular weight excluding hydrogens is 339 g/mol. The molecule has 2 aromatic rings. The SMILES string of the molecule is CC(=O)N(CCC(=O)Nc1cc(Cl)ccc1Cl)Cc1ccco1. The number of furan rings is 1. The van der Waals surface area contributed by atoms with Gasteiger partial charge in [-0.15, -0.1) is 0 Å². The number of nitrogens with zero attached hydrogens (tertiary/aromatic N) is 1. The van der Waals surface area contributed by atoms with Crippen molar-refractivity contribution in [2.24, 2.45) is 0 Å². The second-order valence-corrected chi connectivity index (χ2v) is 5.79. The van der Waals surface area contributed by atoms with E-state index in [-0.39, 0.29) is 24.8 Å². The van der Waals surface area contributed by atoms with Crippen molar-refractivity contribution in [2.45, 2.75) is 19.9 Å². The van der Waals surface area contributed by atoms with Crippen LogP contribution in [0.5, 0.6) is 0 Å². The average molecular weight is 355 g/mol. The third kappa shape index (κ3) is 5.30. The van der Waals surface area contributed by atoms with Gasteiger partial charge in [0.2, 0.25) is 11.8 Å². The van der Waals surface area contributed by atoms with E-state index in [1.807, 2.05) is 0 Å². The fraction of sp³-hybridized carbons (Fsp3) is 0.250. The van der Waals surface area contributed by atoms with Crippen molar-refractivity contribution in [3.05, 3.63) is 52.4 Å². The molecule has 2 amide bonds. The molecule has 1 aromatic carbocycles. The minimum Gasteiger partial charge on any atom is -0.467 e. The topological polar surface area (TPSA) is 62.6 Å². The molecule has 0 spiro atoms. The van der Waals surface area contributed by atoms with Crippen LogP contribution in [0, 0.1) is 0 Å². The van der Waals surface area contributed by atoms with Crippen LogP contribution in [0.4, 0.5) is 5.69 Å². The van der Waals surface area contributed by atoms with Crippen LogP contribution in [-0.4, -0.2) is 23.3 Å². The van der Waals surface area contributed by atoms with E-state index in [1.165, 1.54) is 11.8 Å². The van der Waals surface area contributed by atoms with Crippen LogP contribution in [0.25, 0.3) is 0 Å². The molecular formula is C16H16Cl2N2O3. The van der Waals surface area contributed by atoms with Gasteiger partial charge in [0.25, 0.3) is 0 Å². The zero-order valence-electron chi connectivity index (χ0n) is 12.5. The minimum absolute atomic E-state index is 0.130. The molecule has 0 aliphatic rings. The number of amides is 2. The quantitative estimate of drug-likeness (QED) is 0.853. The van der Waals surface area contributed by atoms with Crippen molar-refractivity contribution < 1.29 is 14.0 Å². The number of halogens is 2. The molecule has 0 bridgehead atoms. The Balaban J connectivity index is 1.91. The molecule has 122 valence electrons. The van der Waals surface area contributed by atoms with Crippen LogP contribution in [0.3, 0.4) is 0 Å². The molecule has 0 aliphatic heterocycles. The minimum atomic E-state index is -0.250. The first-order valence-electron chi connectivity index (χ1n) is 6.98. The summed E-state index contributed by atoms with van der Waals surface area (Å²) >= 11 is 11.9. The normalized spacial score (nSPS) is 10.4. The van der Waals surface area contributed by atoms with E-state index in [9.17, 15) is 9.59 Å². The van der Waals surface area contributed by atoms with Gasteiger partial charge in [-0.25, -0.2) is 0 Å². The Morgan fingerprint density at radius 2 is 2.04 bits per heavy atom. The summed E-state index contributed by atoms with van der Waals surface area (Å²) < 4.78 is 5.22. The first kappa shape index (κ1) is 17.4. The summed E-state index contributed by atoms with van der Waals surface area (Å²) in [5.41, 5.74) is 0.449. The molecule has 0 aliphatic carbocycles. The van der Waals surface area contributed by atoms with Gasteiger partial charge in [0.15, 0.2) is 0 Å². The van der Waals surface area contributed by atoms with Gasteiger partial charge in [-0.05, 0) is 30.3 Å². The van der Waals surface area contributed by atoms with Gasteiger partial charge in [0.1, 0.15) is 5.76 Å². The Labute approximate surface area is 144 Å². The Kier molecular flexibility index (Phi) is 6.07. The van der Waals surface area contributed by atoms with Crippen LogP contribution in [0.1, 0.15) is 19.1 Å². The van der Waals surface area contributed by atoms with Crippen LogP contribution in [-0.2, 0) is 16.1 Å². The van der Waals surface area contributed by atoms with Crippen molar-refractivity contribution in [3.63, 3.8) is 0 Å². The number of benzene rings is 1. The van der Waals surface area contributed by atoms with Crippen LogP contribution >= 0.6 is 23.2 Å². The molecule has 0 unspecified atom stereocenters. The smallest absolute Gasteiger partial charge is 0.226 e. The second-order valence-electron chi connectivity index (χ2n) is 4.94. The Hall–Kier alpha value is -1.98. The van der Waals surface area contributed by atoms with E-state index < -0.39 is 0 Å². The number of rotatable bonds is 6. The van der Waals surface area contributed by atoms with Crippen molar-refractivity contribution >= 4 is 40.7 Å². The zero-order chi connectivity index (χ0) is 16.8. The molecule has 0 atom stereocenters. The van der Waals surface area contributed by atoms with Gasteiger partial charge in [-0.3, -0.25) is 9.59 Å². The van der Waals surface area contributed by atoms with Gasteiger partial charge < -0.3 is 14.6 Å². The highest BCUT2D eigenvalue weighted by Crippen LogP contribution is 2.25.